The molecule has 2 saturated carbocycles. The molecule has 0 saturated heterocycles. The molecule has 3 heterocycles. The molecule has 0 aliphatic heterocycles. The van der Waals surface area contributed by atoms with Gasteiger partial charge in [0.2, 0.25) is 11.9 Å². The lowest BCUT2D eigenvalue weighted by molar-refractivity contribution is -0.122. The van der Waals surface area contributed by atoms with Crippen molar-refractivity contribution in [2.24, 2.45) is 5.73 Å². The number of nitrogens with one attached hydrogen (secondary N) is 4. The zero-order valence-electron chi connectivity index (χ0n) is 20.0. The summed E-state index contributed by atoms with van der Waals surface area (Å²) in [4.78, 5) is 32.8. The second-order valence-corrected chi connectivity index (χ2v) is 9.55. The number of anilines is 3. The zero-order chi connectivity index (χ0) is 25.2. The molecule has 2 amide bonds. The second kappa shape index (κ2) is 10.1. The minimum atomic E-state index is -0.682. The third-order valence-corrected chi connectivity index (χ3v) is 6.46. The van der Waals surface area contributed by atoms with Crippen molar-refractivity contribution in [2.45, 2.75) is 69.6 Å². The summed E-state index contributed by atoms with van der Waals surface area (Å²) in [5.41, 5.74) is 7.52. The number of nitrogens with two attached hydrogens (primary N) is 1. The molecule has 0 unspecified atom stereocenters. The van der Waals surface area contributed by atoms with Crippen LogP contribution in [0.5, 0.6) is 0 Å². The van der Waals surface area contributed by atoms with Gasteiger partial charge >= 0.3 is 0 Å². The molecular formula is C24H30FN9O2. The number of halogens is 1. The summed E-state index contributed by atoms with van der Waals surface area (Å²) < 4.78 is 15.0. The highest BCUT2D eigenvalue weighted by molar-refractivity contribution is 6.03. The fraction of sp³-hybridized carbons (Fsp3) is 0.458. The first-order chi connectivity index (χ1) is 17.4. The standard InChI is InChI=1S/C24H30FN9O2/c1-13(26)23(35)31-16-6-4-15(5-7-16)30-21-11-18(29-14-2-3-14)22-28-12-19(34(22)33-21)24(36)32-17-8-9-27-20(25)10-17/h8-16,29H,2-7,26H2,1H3,(H,30,33)(H,31,35)(H,27,32,36)/t13-,15?,16?/m0/s1. The number of pyridine rings is 1. The highest BCUT2D eigenvalue weighted by atomic mass is 19.1. The van der Waals surface area contributed by atoms with Gasteiger partial charge in [-0.15, -0.1) is 5.10 Å². The van der Waals surface area contributed by atoms with Gasteiger partial charge in [-0.2, -0.15) is 4.39 Å². The van der Waals surface area contributed by atoms with Gasteiger partial charge in [-0.05, 0) is 51.5 Å². The van der Waals surface area contributed by atoms with Crippen molar-refractivity contribution in [2.75, 3.05) is 16.0 Å². The molecule has 0 bridgehead atoms. The number of carbonyl (C=O) groups is 2. The van der Waals surface area contributed by atoms with Crippen LogP contribution in [-0.4, -0.2) is 55.6 Å². The molecule has 6 N–H and O–H groups in total. The van der Waals surface area contributed by atoms with E-state index >= 15 is 0 Å². The summed E-state index contributed by atoms with van der Waals surface area (Å²) in [5.74, 6) is -0.649. The van der Waals surface area contributed by atoms with Gasteiger partial charge in [0.05, 0.1) is 17.9 Å². The van der Waals surface area contributed by atoms with E-state index < -0.39 is 17.9 Å². The molecule has 2 aliphatic rings. The first-order valence-corrected chi connectivity index (χ1v) is 12.3. The van der Waals surface area contributed by atoms with Gasteiger partial charge in [-0.1, -0.05) is 0 Å². The zero-order valence-corrected chi connectivity index (χ0v) is 20.0. The van der Waals surface area contributed by atoms with E-state index in [0.717, 1.165) is 50.3 Å². The molecule has 36 heavy (non-hydrogen) atoms. The normalized spacial score (nSPS) is 20.5. The van der Waals surface area contributed by atoms with Gasteiger partial charge in [-0.3, -0.25) is 9.59 Å². The molecule has 0 spiro atoms. The van der Waals surface area contributed by atoms with Crippen molar-refractivity contribution in [3.8, 4) is 0 Å². The fourth-order valence-corrected chi connectivity index (χ4v) is 4.35. The summed E-state index contributed by atoms with van der Waals surface area (Å²) in [6, 6.07) is 4.73. The molecule has 5 rings (SSSR count). The number of hydrogen-bond acceptors (Lipinski definition) is 8. The third kappa shape index (κ3) is 5.54. The molecule has 2 fully saturated rings. The minimum absolute atomic E-state index is 0.117. The highest BCUT2D eigenvalue weighted by Gasteiger charge is 2.26. The number of carbonyl (C=O) groups excluding carboxylic acids is 2. The number of hydrogen-bond donors (Lipinski definition) is 5. The second-order valence-electron chi connectivity index (χ2n) is 9.55. The van der Waals surface area contributed by atoms with E-state index in [1.165, 1.54) is 23.0 Å². The predicted molar refractivity (Wildman–Crippen MR) is 133 cm³/mol. The number of imidazole rings is 1. The van der Waals surface area contributed by atoms with Crippen LogP contribution in [0.25, 0.3) is 5.65 Å². The maximum absolute atomic E-state index is 13.5. The van der Waals surface area contributed by atoms with Crippen LogP contribution in [0.2, 0.25) is 0 Å². The number of amides is 2. The molecule has 3 aromatic heterocycles. The topological polar surface area (TPSA) is 151 Å². The van der Waals surface area contributed by atoms with Gasteiger partial charge in [0, 0.05) is 42.1 Å². The molecule has 0 radical (unpaired) electrons. The van der Waals surface area contributed by atoms with Crippen molar-refractivity contribution in [1.82, 2.24) is 24.9 Å². The van der Waals surface area contributed by atoms with E-state index in [2.05, 4.69) is 36.3 Å². The largest absolute Gasteiger partial charge is 0.379 e. The van der Waals surface area contributed by atoms with Crippen molar-refractivity contribution < 1.29 is 14.0 Å². The van der Waals surface area contributed by atoms with Crippen LogP contribution in [0, 0.1) is 5.95 Å². The first-order valence-electron chi connectivity index (χ1n) is 12.3. The molecule has 1 atom stereocenters. The minimum Gasteiger partial charge on any atom is -0.379 e. The number of rotatable bonds is 8. The number of aromatic nitrogens is 4. The lowest BCUT2D eigenvalue weighted by Crippen LogP contribution is -2.46. The average molecular weight is 496 g/mol. The van der Waals surface area contributed by atoms with Crippen LogP contribution in [0.15, 0.2) is 30.6 Å². The van der Waals surface area contributed by atoms with E-state index in [-0.39, 0.29) is 23.7 Å². The number of nitrogens with zero attached hydrogens (tertiary/aromatic N) is 4. The Hall–Kier alpha value is -3.80. The lowest BCUT2D eigenvalue weighted by atomic mass is 9.91. The Labute approximate surface area is 207 Å². The molecule has 3 aromatic rings. The Morgan fingerprint density at radius 1 is 1.06 bits per heavy atom. The van der Waals surface area contributed by atoms with Crippen LogP contribution < -0.4 is 27.0 Å². The maximum atomic E-state index is 13.5. The Morgan fingerprint density at radius 3 is 2.44 bits per heavy atom. The Bertz CT molecular complexity index is 1270. The van der Waals surface area contributed by atoms with Crippen LogP contribution in [0.3, 0.4) is 0 Å². The van der Waals surface area contributed by atoms with E-state index in [1.807, 2.05) is 6.07 Å². The van der Waals surface area contributed by atoms with Crippen molar-refractivity contribution in [3.05, 3.63) is 42.2 Å². The quantitative estimate of drug-likeness (QED) is 0.299. The summed E-state index contributed by atoms with van der Waals surface area (Å²) in [5, 5.41) is 17.3. The molecule has 12 heteroatoms. The monoisotopic (exact) mass is 495 g/mol. The molecule has 0 aromatic carbocycles. The van der Waals surface area contributed by atoms with Crippen molar-refractivity contribution in [1.29, 1.82) is 0 Å². The van der Waals surface area contributed by atoms with Crippen LogP contribution in [0.1, 0.15) is 55.9 Å². The van der Waals surface area contributed by atoms with Gasteiger partial charge in [0.1, 0.15) is 5.82 Å². The third-order valence-electron chi connectivity index (χ3n) is 6.46. The van der Waals surface area contributed by atoms with Crippen molar-refractivity contribution >= 4 is 34.7 Å². The SMILES string of the molecule is C[C@H](N)C(=O)NC1CCC(Nc2cc(NC3CC3)c3ncc(C(=O)Nc4ccnc(F)c4)n3n2)CC1. The Morgan fingerprint density at radius 2 is 1.75 bits per heavy atom. The van der Waals surface area contributed by atoms with Crippen LogP contribution in [0.4, 0.5) is 21.6 Å². The van der Waals surface area contributed by atoms with E-state index in [1.54, 1.807) is 6.92 Å². The Balaban J connectivity index is 1.33. The molecular weight excluding hydrogens is 465 g/mol. The van der Waals surface area contributed by atoms with Gasteiger partial charge < -0.3 is 27.0 Å². The average Bonchev–Trinajstić information content (AvgIpc) is 3.55. The van der Waals surface area contributed by atoms with Gasteiger partial charge in [0.15, 0.2) is 11.3 Å². The van der Waals surface area contributed by atoms with Gasteiger partial charge in [0.25, 0.3) is 5.91 Å². The smallest absolute Gasteiger partial charge is 0.276 e. The van der Waals surface area contributed by atoms with Gasteiger partial charge in [-0.25, -0.2) is 14.5 Å². The van der Waals surface area contributed by atoms with Crippen molar-refractivity contribution in [3.63, 3.8) is 0 Å². The van der Waals surface area contributed by atoms with E-state index in [9.17, 15) is 14.0 Å². The lowest BCUT2D eigenvalue weighted by Gasteiger charge is -2.30. The summed E-state index contributed by atoms with van der Waals surface area (Å²) in [6.45, 7) is 1.68. The molecule has 2 aliphatic carbocycles. The fourth-order valence-electron chi connectivity index (χ4n) is 4.35. The van der Waals surface area contributed by atoms with Crippen LogP contribution >= 0.6 is 0 Å². The highest BCUT2D eigenvalue weighted by Crippen LogP contribution is 2.30. The predicted octanol–water partition coefficient (Wildman–Crippen LogP) is 2.28. The molecule has 190 valence electrons. The molecule has 11 nitrogen and oxygen atoms in total. The summed E-state index contributed by atoms with van der Waals surface area (Å²) in [7, 11) is 0. The van der Waals surface area contributed by atoms with E-state index in [4.69, 9.17) is 5.73 Å². The summed E-state index contributed by atoms with van der Waals surface area (Å²) in [6.07, 6.45) is 8.31. The number of fused-ring (bicyclic) bond motifs is 1. The first kappa shape index (κ1) is 23.9. The Kier molecular flexibility index (Phi) is 6.68. The van der Waals surface area contributed by atoms with E-state index in [0.29, 0.717) is 23.2 Å². The maximum Gasteiger partial charge on any atom is 0.276 e. The van der Waals surface area contributed by atoms with Crippen LogP contribution in [-0.2, 0) is 4.79 Å². The summed E-state index contributed by atoms with van der Waals surface area (Å²) >= 11 is 0.